The van der Waals surface area contributed by atoms with Gasteiger partial charge in [0, 0.05) is 24.7 Å². The first-order valence-corrected chi connectivity index (χ1v) is 5.79. The fourth-order valence-corrected chi connectivity index (χ4v) is 1.67. The molecule has 0 radical (unpaired) electrons. The SMILES string of the molecule is COCCNCc1cc(C(F)(F)F)ccc1Br. The second-order valence-electron chi connectivity index (χ2n) is 3.47. The van der Waals surface area contributed by atoms with Gasteiger partial charge in [-0.05, 0) is 23.8 Å². The molecule has 0 amide bonds. The van der Waals surface area contributed by atoms with Gasteiger partial charge in [0.1, 0.15) is 0 Å². The number of alkyl halides is 3. The largest absolute Gasteiger partial charge is 0.416 e. The van der Waals surface area contributed by atoms with Gasteiger partial charge in [-0.3, -0.25) is 0 Å². The van der Waals surface area contributed by atoms with Crippen LogP contribution in [0.3, 0.4) is 0 Å². The number of methoxy groups -OCH3 is 1. The maximum atomic E-state index is 12.5. The predicted molar refractivity (Wildman–Crippen MR) is 62.7 cm³/mol. The predicted octanol–water partition coefficient (Wildman–Crippen LogP) is 3.20. The number of halogens is 4. The van der Waals surface area contributed by atoms with Gasteiger partial charge in [-0.15, -0.1) is 0 Å². The first-order chi connectivity index (χ1) is 7.95. The summed E-state index contributed by atoms with van der Waals surface area (Å²) in [4.78, 5) is 0. The van der Waals surface area contributed by atoms with Gasteiger partial charge in [-0.1, -0.05) is 15.9 Å². The maximum absolute atomic E-state index is 12.5. The van der Waals surface area contributed by atoms with Gasteiger partial charge < -0.3 is 10.1 Å². The topological polar surface area (TPSA) is 21.3 Å². The standard InChI is InChI=1S/C11H13BrF3NO/c1-17-5-4-16-7-8-6-9(11(13,14)15)2-3-10(8)12/h2-3,6,16H,4-5,7H2,1H3. The fraction of sp³-hybridized carbons (Fsp3) is 0.455. The minimum Gasteiger partial charge on any atom is -0.383 e. The van der Waals surface area contributed by atoms with Crippen LogP contribution in [0, 0.1) is 0 Å². The molecule has 1 N–H and O–H groups in total. The summed E-state index contributed by atoms with van der Waals surface area (Å²) in [5.41, 5.74) is -0.0554. The first kappa shape index (κ1) is 14.5. The molecule has 1 rings (SSSR count). The summed E-state index contributed by atoms with van der Waals surface area (Å²) in [5, 5.41) is 3.00. The molecule has 0 bridgehead atoms. The van der Waals surface area contributed by atoms with E-state index in [2.05, 4.69) is 21.2 Å². The zero-order valence-corrected chi connectivity index (χ0v) is 10.9. The van der Waals surface area contributed by atoms with Crippen LogP contribution in [0.15, 0.2) is 22.7 Å². The third-order valence-electron chi connectivity index (χ3n) is 2.17. The Bertz CT molecular complexity index is 368. The average Bonchev–Trinajstić information content (AvgIpc) is 2.25. The van der Waals surface area contributed by atoms with Gasteiger partial charge in [0.15, 0.2) is 0 Å². The Morgan fingerprint density at radius 2 is 2.06 bits per heavy atom. The zero-order chi connectivity index (χ0) is 12.9. The van der Waals surface area contributed by atoms with E-state index in [1.165, 1.54) is 6.07 Å². The minimum absolute atomic E-state index is 0.369. The van der Waals surface area contributed by atoms with Crippen molar-refractivity contribution in [2.24, 2.45) is 0 Å². The van der Waals surface area contributed by atoms with Crippen molar-refractivity contribution in [1.29, 1.82) is 0 Å². The van der Waals surface area contributed by atoms with Crippen LogP contribution < -0.4 is 5.32 Å². The van der Waals surface area contributed by atoms with E-state index in [1.54, 1.807) is 7.11 Å². The summed E-state index contributed by atoms with van der Waals surface area (Å²) in [7, 11) is 1.57. The normalized spacial score (nSPS) is 11.8. The number of rotatable bonds is 5. The van der Waals surface area contributed by atoms with Crippen molar-refractivity contribution in [3.05, 3.63) is 33.8 Å². The molecule has 17 heavy (non-hydrogen) atoms. The highest BCUT2D eigenvalue weighted by molar-refractivity contribution is 9.10. The van der Waals surface area contributed by atoms with Crippen LogP contribution in [0.4, 0.5) is 13.2 Å². The lowest BCUT2D eigenvalue weighted by atomic mass is 10.1. The maximum Gasteiger partial charge on any atom is 0.416 e. The molecule has 0 heterocycles. The average molecular weight is 312 g/mol. The zero-order valence-electron chi connectivity index (χ0n) is 9.27. The van der Waals surface area contributed by atoms with Crippen molar-refractivity contribution in [3.63, 3.8) is 0 Å². The smallest absolute Gasteiger partial charge is 0.383 e. The van der Waals surface area contributed by atoms with Gasteiger partial charge in [0.2, 0.25) is 0 Å². The molecule has 0 aromatic heterocycles. The highest BCUT2D eigenvalue weighted by atomic mass is 79.9. The number of nitrogens with one attached hydrogen (secondary N) is 1. The summed E-state index contributed by atoms with van der Waals surface area (Å²) in [6, 6.07) is 3.61. The molecule has 0 saturated carbocycles. The highest BCUT2D eigenvalue weighted by Gasteiger charge is 2.30. The molecule has 96 valence electrons. The highest BCUT2D eigenvalue weighted by Crippen LogP contribution is 2.31. The van der Waals surface area contributed by atoms with Gasteiger partial charge in [-0.2, -0.15) is 13.2 Å². The lowest BCUT2D eigenvalue weighted by Gasteiger charge is -2.11. The Morgan fingerprint density at radius 1 is 1.35 bits per heavy atom. The molecule has 0 aliphatic heterocycles. The quantitative estimate of drug-likeness (QED) is 0.843. The Labute approximate surface area is 106 Å². The second kappa shape index (κ2) is 6.37. The molecular formula is C11H13BrF3NO. The number of benzene rings is 1. The van der Waals surface area contributed by atoms with Gasteiger partial charge in [0.05, 0.1) is 12.2 Å². The monoisotopic (exact) mass is 311 g/mol. The van der Waals surface area contributed by atoms with Gasteiger partial charge in [0.25, 0.3) is 0 Å². The lowest BCUT2D eigenvalue weighted by molar-refractivity contribution is -0.137. The van der Waals surface area contributed by atoms with E-state index in [4.69, 9.17) is 4.74 Å². The molecule has 0 atom stereocenters. The van der Waals surface area contributed by atoms with Crippen molar-refractivity contribution in [2.45, 2.75) is 12.7 Å². The van der Waals surface area contributed by atoms with E-state index >= 15 is 0 Å². The van der Waals surface area contributed by atoms with Crippen molar-refractivity contribution in [2.75, 3.05) is 20.3 Å². The molecule has 2 nitrogen and oxygen atoms in total. The Hall–Kier alpha value is -0.590. The molecule has 1 aromatic rings. The van der Waals surface area contributed by atoms with Crippen LogP contribution >= 0.6 is 15.9 Å². The van der Waals surface area contributed by atoms with Crippen molar-refractivity contribution >= 4 is 15.9 Å². The Kier molecular flexibility index (Phi) is 5.42. The van der Waals surface area contributed by atoms with Gasteiger partial charge >= 0.3 is 6.18 Å². The van der Waals surface area contributed by atoms with E-state index in [0.29, 0.717) is 29.7 Å². The van der Waals surface area contributed by atoms with E-state index in [0.717, 1.165) is 12.1 Å². The second-order valence-corrected chi connectivity index (χ2v) is 4.33. The number of hydrogen-bond donors (Lipinski definition) is 1. The van der Waals surface area contributed by atoms with Gasteiger partial charge in [-0.25, -0.2) is 0 Å². The third-order valence-corrected chi connectivity index (χ3v) is 2.95. The summed E-state index contributed by atoms with van der Waals surface area (Å²) >= 11 is 3.23. The minimum atomic E-state index is -4.30. The number of hydrogen-bond acceptors (Lipinski definition) is 2. The van der Waals surface area contributed by atoms with Crippen LogP contribution in [-0.4, -0.2) is 20.3 Å². The number of ether oxygens (including phenoxy) is 1. The molecule has 0 unspecified atom stereocenters. The van der Waals surface area contributed by atoms with Crippen LogP contribution in [-0.2, 0) is 17.5 Å². The molecule has 0 spiro atoms. The molecule has 0 aliphatic rings. The molecule has 0 fully saturated rings. The molecular weight excluding hydrogens is 299 g/mol. The Morgan fingerprint density at radius 3 is 2.65 bits per heavy atom. The summed E-state index contributed by atoms with van der Waals surface area (Å²) in [5.74, 6) is 0. The van der Waals surface area contributed by atoms with Crippen LogP contribution in [0.1, 0.15) is 11.1 Å². The molecule has 6 heteroatoms. The van der Waals surface area contributed by atoms with Crippen LogP contribution in [0.2, 0.25) is 0 Å². The van der Waals surface area contributed by atoms with E-state index in [1.807, 2.05) is 0 Å². The fourth-order valence-electron chi connectivity index (χ4n) is 1.28. The van der Waals surface area contributed by atoms with Crippen molar-refractivity contribution < 1.29 is 17.9 Å². The molecule has 0 saturated heterocycles. The lowest BCUT2D eigenvalue weighted by Crippen LogP contribution is -2.19. The Balaban J connectivity index is 2.70. The van der Waals surface area contributed by atoms with Crippen LogP contribution in [0.5, 0.6) is 0 Å². The van der Waals surface area contributed by atoms with E-state index in [-0.39, 0.29) is 0 Å². The van der Waals surface area contributed by atoms with Crippen molar-refractivity contribution in [1.82, 2.24) is 5.32 Å². The molecule has 0 aliphatic carbocycles. The van der Waals surface area contributed by atoms with E-state index < -0.39 is 11.7 Å². The first-order valence-electron chi connectivity index (χ1n) is 5.00. The summed E-state index contributed by atoms with van der Waals surface area (Å²) < 4.78 is 43.0. The van der Waals surface area contributed by atoms with E-state index in [9.17, 15) is 13.2 Å². The van der Waals surface area contributed by atoms with Crippen molar-refractivity contribution in [3.8, 4) is 0 Å². The third kappa shape index (κ3) is 4.65. The summed E-state index contributed by atoms with van der Waals surface area (Å²) in [6.45, 7) is 1.49. The summed E-state index contributed by atoms with van der Waals surface area (Å²) in [6.07, 6.45) is -4.30. The van der Waals surface area contributed by atoms with Crippen LogP contribution in [0.25, 0.3) is 0 Å². The molecule has 1 aromatic carbocycles.